The number of fused-ring (bicyclic) bond motifs is 1. The highest BCUT2D eigenvalue weighted by Gasteiger charge is 2.49. The van der Waals surface area contributed by atoms with Crippen LogP contribution in [0, 0.1) is 11.3 Å². The predicted molar refractivity (Wildman–Crippen MR) is 81.1 cm³/mol. The number of aliphatic hydroxyl groups excluding tert-OH is 1. The summed E-state index contributed by atoms with van der Waals surface area (Å²) in [5.41, 5.74) is 0.542. The number of thioether (sulfide) groups is 1. The Morgan fingerprint density at radius 1 is 1.32 bits per heavy atom. The number of aliphatic hydroxyl groups is 1. The summed E-state index contributed by atoms with van der Waals surface area (Å²) in [5, 5.41) is 15.4. The highest BCUT2D eigenvalue weighted by atomic mass is 79.9. The minimum Gasteiger partial charge on any atom is -0.456 e. The van der Waals surface area contributed by atoms with Gasteiger partial charge in [0.1, 0.15) is 11.5 Å². The van der Waals surface area contributed by atoms with Gasteiger partial charge in [0.2, 0.25) is 0 Å². The van der Waals surface area contributed by atoms with Crippen LogP contribution < -0.4 is 4.74 Å². The van der Waals surface area contributed by atoms with Gasteiger partial charge in [-0.05, 0) is 58.0 Å². The van der Waals surface area contributed by atoms with Crippen molar-refractivity contribution in [3.8, 4) is 17.6 Å². The van der Waals surface area contributed by atoms with Gasteiger partial charge in [0.25, 0.3) is 0 Å². The number of nitriles is 1. The Kier molecular flexibility index (Phi) is 3.85. The van der Waals surface area contributed by atoms with Gasteiger partial charge < -0.3 is 9.84 Å². The second-order valence-corrected chi connectivity index (χ2v) is 6.58. The summed E-state index contributed by atoms with van der Waals surface area (Å²) < 4.78 is 33.1. The average Bonchev–Trinajstić information content (AvgIpc) is 2.73. The van der Waals surface area contributed by atoms with Crippen molar-refractivity contribution in [2.75, 3.05) is 0 Å². The fraction of sp³-hybridized carbons (Fsp3) is 0.133. The molecule has 1 atom stereocenters. The van der Waals surface area contributed by atoms with Crippen molar-refractivity contribution in [3.05, 3.63) is 52.0 Å². The van der Waals surface area contributed by atoms with Gasteiger partial charge in [-0.25, -0.2) is 0 Å². The maximum absolute atomic E-state index is 13.6. The Hall–Kier alpha value is -1.62. The third kappa shape index (κ3) is 2.58. The van der Waals surface area contributed by atoms with Crippen molar-refractivity contribution < 1.29 is 18.6 Å². The summed E-state index contributed by atoms with van der Waals surface area (Å²) in [6.07, 6.45) is -1.89. The lowest BCUT2D eigenvalue weighted by Gasteiger charge is -2.14. The summed E-state index contributed by atoms with van der Waals surface area (Å²) in [6.45, 7) is 0. The Bertz CT molecular complexity index is 792. The molecule has 1 aliphatic rings. The van der Waals surface area contributed by atoms with E-state index in [1.807, 2.05) is 6.07 Å². The maximum atomic E-state index is 13.6. The lowest BCUT2D eigenvalue weighted by atomic mass is 10.1. The zero-order valence-corrected chi connectivity index (χ0v) is 13.3. The van der Waals surface area contributed by atoms with Gasteiger partial charge in [0, 0.05) is 10.5 Å². The number of halogens is 3. The molecule has 1 heterocycles. The van der Waals surface area contributed by atoms with Crippen LogP contribution in [-0.2, 0) is 0 Å². The molecule has 0 bridgehead atoms. The highest BCUT2D eigenvalue weighted by molar-refractivity contribution is 9.10. The van der Waals surface area contributed by atoms with Gasteiger partial charge >= 0.3 is 5.25 Å². The molecule has 2 aromatic carbocycles. The normalized spacial score (nSPS) is 18.6. The summed E-state index contributed by atoms with van der Waals surface area (Å²) in [6, 6.07) is 11.5. The molecule has 1 N–H and O–H groups in total. The van der Waals surface area contributed by atoms with Crippen LogP contribution in [-0.4, -0.2) is 10.4 Å². The third-order valence-electron chi connectivity index (χ3n) is 3.13. The van der Waals surface area contributed by atoms with E-state index in [1.165, 1.54) is 6.07 Å². The van der Waals surface area contributed by atoms with E-state index in [4.69, 9.17) is 10.00 Å². The van der Waals surface area contributed by atoms with Gasteiger partial charge in [-0.15, -0.1) is 0 Å². The first-order valence-corrected chi connectivity index (χ1v) is 7.78. The van der Waals surface area contributed by atoms with Crippen LogP contribution in [0.1, 0.15) is 17.2 Å². The number of nitrogens with zero attached hydrogens (tertiary/aromatic N) is 1. The van der Waals surface area contributed by atoms with Crippen LogP contribution in [0.5, 0.6) is 11.5 Å². The first-order valence-electron chi connectivity index (χ1n) is 6.17. The van der Waals surface area contributed by atoms with E-state index in [0.29, 0.717) is 33.7 Å². The Labute approximate surface area is 137 Å². The standard InChI is InChI=1S/C15H8BrF2NO2S/c16-13-10(21-9-3-1-2-8(6-9)7-19)4-5-11-12(13)14(20)15(17,18)22-11/h1-6,14,20H. The molecule has 0 radical (unpaired) electrons. The van der Waals surface area contributed by atoms with Crippen molar-refractivity contribution >= 4 is 27.7 Å². The summed E-state index contributed by atoms with van der Waals surface area (Å²) in [7, 11) is 0. The molecule has 0 amide bonds. The minimum atomic E-state index is -3.26. The topological polar surface area (TPSA) is 53.2 Å². The van der Waals surface area contributed by atoms with Crippen LogP contribution in [0.25, 0.3) is 0 Å². The first-order chi connectivity index (χ1) is 10.4. The molecule has 7 heteroatoms. The van der Waals surface area contributed by atoms with Gasteiger partial charge in [0.15, 0.2) is 6.10 Å². The molecule has 0 aromatic heterocycles. The minimum absolute atomic E-state index is 0.115. The third-order valence-corrected chi connectivity index (χ3v) is 5.02. The molecule has 112 valence electrons. The summed E-state index contributed by atoms with van der Waals surface area (Å²) in [5.74, 6) is 0.706. The van der Waals surface area contributed by atoms with E-state index in [-0.39, 0.29) is 10.0 Å². The van der Waals surface area contributed by atoms with Gasteiger partial charge in [-0.2, -0.15) is 14.0 Å². The largest absolute Gasteiger partial charge is 0.456 e. The molecule has 1 unspecified atom stereocenters. The van der Waals surface area contributed by atoms with E-state index >= 15 is 0 Å². The van der Waals surface area contributed by atoms with Crippen molar-refractivity contribution in [2.24, 2.45) is 0 Å². The first kappa shape index (κ1) is 15.3. The number of hydrogen-bond acceptors (Lipinski definition) is 4. The van der Waals surface area contributed by atoms with Crippen LogP contribution in [0.4, 0.5) is 8.78 Å². The van der Waals surface area contributed by atoms with Crippen molar-refractivity contribution in [3.63, 3.8) is 0 Å². The second kappa shape index (κ2) is 5.54. The van der Waals surface area contributed by atoms with Gasteiger partial charge in [-0.3, -0.25) is 0 Å². The zero-order chi connectivity index (χ0) is 15.9. The molecule has 1 aliphatic heterocycles. The van der Waals surface area contributed by atoms with Crippen LogP contribution in [0.3, 0.4) is 0 Å². The lowest BCUT2D eigenvalue weighted by Crippen LogP contribution is -2.16. The van der Waals surface area contributed by atoms with Crippen LogP contribution in [0.15, 0.2) is 45.8 Å². The Balaban J connectivity index is 1.98. The predicted octanol–water partition coefficient (Wildman–Crippen LogP) is 4.84. The molecular formula is C15H8BrF2NO2S. The molecule has 22 heavy (non-hydrogen) atoms. The van der Waals surface area contributed by atoms with Crippen LogP contribution >= 0.6 is 27.7 Å². The molecule has 3 nitrogen and oxygen atoms in total. The van der Waals surface area contributed by atoms with Crippen molar-refractivity contribution in [1.29, 1.82) is 5.26 Å². The highest BCUT2D eigenvalue weighted by Crippen LogP contribution is 2.57. The maximum Gasteiger partial charge on any atom is 0.327 e. The SMILES string of the molecule is N#Cc1cccc(Oc2ccc3c(c2Br)C(O)C(F)(F)S3)c1. The summed E-state index contributed by atoms with van der Waals surface area (Å²) in [4.78, 5) is 0.308. The molecule has 0 saturated heterocycles. The number of rotatable bonds is 2. The number of ether oxygens (including phenoxy) is 1. The summed E-state index contributed by atoms with van der Waals surface area (Å²) >= 11 is 3.55. The van der Waals surface area contributed by atoms with E-state index in [2.05, 4.69) is 15.9 Å². The smallest absolute Gasteiger partial charge is 0.327 e. The van der Waals surface area contributed by atoms with Gasteiger partial charge in [0.05, 0.1) is 16.1 Å². The van der Waals surface area contributed by atoms with Crippen molar-refractivity contribution in [2.45, 2.75) is 16.3 Å². The number of benzene rings is 2. The fourth-order valence-electron chi connectivity index (χ4n) is 2.10. The van der Waals surface area contributed by atoms with E-state index in [1.54, 1.807) is 30.3 Å². The number of hydrogen-bond donors (Lipinski definition) is 1. The van der Waals surface area contributed by atoms with E-state index < -0.39 is 11.4 Å². The molecule has 3 rings (SSSR count). The monoisotopic (exact) mass is 383 g/mol. The van der Waals surface area contributed by atoms with E-state index in [9.17, 15) is 13.9 Å². The molecular weight excluding hydrogens is 376 g/mol. The average molecular weight is 384 g/mol. The zero-order valence-electron chi connectivity index (χ0n) is 10.9. The van der Waals surface area contributed by atoms with Crippen LogP contribution in [0.2, 0.25) is 0 Å². The lowest BCUT2D eigenvalue weighted by molar-refractivity contribution is -0.0314. The van der Waals surface area contributed by atoms with E-state index in [0.717, 1.165) is 0 Å². The second-order valence-electron chi connectivity index (χ2n) is 4.60. The molecule has 0 aliphatic carbocycles. The quantitative estimate of drug-likeness (QED) is 0.805. The Morgan fingerprint density at radius 2 is 2.09 bits per heavy atom. The van der Waals surface area contributed by atoms with Crippen molar-refractivity contribution in [1.82, 2.24) is 0 Å². The molecule has 0 spiro atoms. The molecule has 2 aromatic rings. The molecule has 0 saturated carbocycles. The fourth-order valence-corrected chi connectivity index (χ4v) is 3.86. The Morgan fingerprint density at radius 3 is 2.82 bits per heavy atom. The number of alkyl halides is 2. The van der Waals surface area contributed by atoms with Gasteiger partial charge in [-0.1, -0.05) is 6.07 Å². The molecule has 0 fully saturated rings.